The van der Waals surface area contributed by atoms with Gasteiger partial charge < -0.3 is 20.3 Å². The van der Waals surface area contributed by atoms with Crippen LogP contribution in [0.3, 0.4) is 0 Å². The maximum atomic E-state index is 14.7. The van der Waals surface area contributed by atoms with Gasteiger partial charge in [-0.15, -0.1) is 0 Å². The van der Waals surface area contributed by atoms with E-state index in [4.69, 9.17) is 4.74 Å². The van der Waals surface area contributed by atoms with Gasteiger partial charge in [-0.25, -0.2) is 13.2 Å². The van der Waals surface area contributed by atoms with Crippen LogP contribution in [0.15, 0.2) is 89.8 Å². The molecule has 0 saturated heterocycles. The first-order chi connectivity index (χ1) is 24.0. The van der Waals surface area contributed by atoms with Gasteiger partial charge in [-0.3, -0.25) is 23.6 Å². The highest BCUT2D eigenvalue weighted by Gasteiger charge is 2.41. The van der Waals surface area contributed by atoms with Crippen molar-refractivity contribution in [1.29, 1.82) is 0 Å². The van der Waals surface area contributed by atoms with Crippen molar-refractivity contribution in [3.63, 3.8) is 0 Å². The van der Waals surface area contributed by atoms with Gasteiger partial charge in [0.1, 0.15) is 17.7 Å². The topological polar surface area (TPSA) is 145 Å². The zero-order valence-electron chi connectivity index (χ0n) is 29.8. The molecule has 0 spiro atoms. The molecule has 268 valence electrons. The fourth-order valence-electron chi connectivity index (χ4n) is 5.86. The van der Waals surface area contributed by atoms with Crippen molar-refractivity contribution in [2.75, 3.05) is 28.1 Å². The lowest BCUT2D eigenvalue weighted by atomic mass is 9.99. The third-order valence-corrected chi connectivity index (χ3v) is 10.5. The predicted octanol–water partition coefficient (Wildman–Crippen LogP) is 5.59. The number of sulfonamides is 1. The van der Waals surface area contributed by atoms with E-state index in [1.54, 1.807) is 45.0 Å². The standard InChI is InChI=1S/C38H43N5O7S/c1-24-16-17-27-12-8-9-13-30(27)31(24)22-42-33-14-10-11-15-34(33)43(51(48,49)29-20-18-28(19-21-29)39-26(3)44)23-32(36(42)46)40-35(45)25(2)41(7)37(47)50-38(4,5)6/h8-21,25,32H,22-23H2,1-7H3,(H,39,44)(H,40,45)/t25-,32-/m0/s1. The Kier molecular flexibility index (Phi) is 10.4. The van der Waals surface area contributed by atoms with Gasteiger partial charge in [0.15, 0.2) is 0 Å². The molecule has 1 heterocycles. The highest BCUT2D eigenvalue weighted by Crippen LogP contribution is 2.38. The van der Waals surface area contributed by atoms with Gasteiger partial charge in [0.05, 0.1) is 29.4 Å². The number of aryl methyl sites for hydroxylation is 1. The normalized spacial score (nSPS) is 15.4. The quantitative estimate of drug-likeness (QED) is 0.242. The molecule has 51 heavy (non-hydrogen) atoms. The highest BCUT2D eigenvalue weighted by atomic mass is 32.2. The van der Waals surface area contributed by atoms with Gasteiger partial charge in [0.25, 0.3) is 15.9 Å². The Labute approximate surface area is 298 Å². The second kappa shape index (κ2) is 14.4. The number of nitrogens with zero attached hydrogens (tertiary/aromatic N) is 3. The van der Waals surface area contributed by atoms with Crippen LogP contribution in [0.25, 0.3) is 10.8 Å². The number of amides is 4. The third-order valence-electron chi connectivity index (χ3n) is 8.67. The number of ether oxygens (including phenoxy) is 1. The summed E-state index contributed by atoms with van der Waals surface area (Å²) in [4.78, 5) is 55.4. The number of para-hydroxylation sites is 2. The second-order valence-corrected chi connectivity index (χ2v) is 15.4. The van der Waals surface area contributed by atoms with Gasteiger partial charge in [0, 0.05) is 19.7 Å². The van der Waals surface area contributed by atoms with E-state index < -0.39 is 52.2 Å². The summed E-state index contributed by atoms with van der Waals surface area (Å²) in [5, 5.41) is 7.30. The van der Waals surface area contributed by atoms with Crippen LogP contribution in [0, 0.1) is 6.92 Å². The Morgan fingerprint density at radius 2 is 1.57 bits per heavy atom. The molecule has 1 aliphatic heterocycles. The Morgan fingerprint density at radius 3 is 2.22 bits per heavy atom. The maximum Gasteiger partial charge on any atom is 0.410 e. The Hall–Kier alpha value is -5.43. The molecule has 4 aromatic rings. The first-order valence-electron chi connectivity index (χ1n) is 16.5. The Morgan fingerprint density at radius 1 is 0.941 bits per heavy atom. The van der Waals surface area contributed by atoms with E-state index in [2.05, 4.69) is 10.6 Å². The molecule has 2 atom stereocenters. The average Bonchev–Trinajstić information content (AvgIpc) is 3.19. The first-order valence-corrected chi connectivity index (χ1v) is 18.0. The highest BCUT2D eigenvalue weighted by molar-refractivity contribution is 7.92. The fourth-order valence-corrected chi connectivity index (χ4v) is 7.36. The van der Waals surface area contributed by atoms with Crippen molar-refractivity contribution in [3.8, 4) is 0 Å². The molecule has 0 unspecified atom stereocenters. The third kappa shape index (κ3) is 7.99. The van der Waals surface area contributed by atoms with Crippen LogP contribution in [0.4, 0.5) is 21.9 Å². The number of anilines is 3. The number of carbonyl (C=O) groups is 4. The molecule has 0 aliphatic carbocycles. The van der Waals surface area contributed by atoms with Crippen LogP contribution in [0.2, 0.25) is 0 Å². The largest absolute Gasteiger partial charge is 0.444 e. The van der Waals surface area contributed by atoms with Crippen LogP contribution >= 0.6 is 0 Å². The minimum Gasteiger partial charge on any atom is -0.444 e. The summed E-state index contributed by atoms with van der Waals surface area (Å²) in [6.07, 6.45) is -0.732. The molecular formula is C38H43N5O7S. The van der Waals surface area contributed by atoms with Gasteiger partial charge in [-0.1, -0.05) is 48.5 Å². The molecule has 12 nitrogen and oxygen atoms in total. The van der Waals surface area contributed by atoms with E-state index in [-0.39, 0.29) is 23.0 Å². The zero-order chi connectivity index (χ0) is 37.2. The van der Waals surface area contributed by atoms with E-state index >= 15 is 0 Å². The fraction of sp³-hybridized carbons (Fsp3) is 0.316. The van der Waals surface area contributed by atoms with Crippen LogP contribution in [-0.2, 0) is 35.7 Å². The summed E-state index contributed by atoms with van der Waals surface area (Å²) in [6, 6.07) is 21.8. The van der Waals surface area contributed by atoms with Crippen molar-refractivity contribution >= 4 is 61.7 Å². The maximum absolute atomic E-state index is 14.7. The molecule has 0 fully saturated rings. The molecule has 0 aromatic heterocycles. The molecule has 0 saturated carbocycles. The van der Waals surface area contributed by atoms with E-state index in [1.165, 1.54) is 50.1 Å². The summed E-state index contributed by atoms with van der Waals surface area (Å²) < 4.78 is 35.5. The lowest BCUT2D eigenvalue weighted by Crippen LogP contribution is -2.57. The minimum atomic E-state index is -4.34. The molecule has 4 aromatic carbocycles. The monoisotopic (exact) mass is 713 g/mol. The van der Waals surface area contributed by atoms with Crippen molar-refractivity contribution in [1.82, 2.24) is 10.2 Å². The van der Waals surface area contributed by atoms with Crippen LogP contribution in [0.5, 0.6) is 0 Å². The number of rotatable bonds is 8. The van der Waals surface area contributed by atoms with Crippen molar-refractivity contribution in [2.45, 2.75) is 70.7 Å². The smallest absolute Gasteiger partial charge is 0.410 e. The number of fused-ring (bicyclic) bond motifs is 2. The summed E-state index contributed by atoms with van der Waals surface area (Å²) in [5.74, 6) is -1.52. The molecular weight excluding hydrogens is 671 g/mol. The molecule has 2 N–H and O–H groups in total. The zero-order valence-corrected chi connectivity index (χ0v) is 30.6. The van der Waals surface area contributed by atoms with Gasteiger partial charge >= 0.3 is 6.09 Å². The van der Waals surface area contributed by atoms with Crippen molar-refractivity contribution in [2.24, 2.45) is 0 Å². The molecule has 0 bridgehead atoms. The lowest BCUT2D eigenvalue weighted by Gasteiger charge is -2.30. The van der Waals surface area contributed by atoms with Crippen LogP contribution in [-0.4, -0.2) is 68.4 Å². The van der Waals surface area contributed by atoms with E-state index in [1.807, 2.05) is 43.3 Å². The molecule has 5 rings (SSSR count). The molecule has 4 amide bonds. The summed E-state index contributed by atoms with van der Waals surface area (Å²) in [6.45, 7) is 9.57. The number of hydrogen-bond donors (Lipinski definition) is 2. The Bertz CT molecular complexity index is 2090. The lowest BCUT2D eigenvalue weighted by molar-refractivity contribution is -0.130. The predicted molar refractivity (Wildman–Crippen MR) is 197 cm³/mol. The summed E-state index contributed by atoms with van der Waals surface area (Å²) >= 11 is 0. The Balaban J connectivity index is 1.60. The molecule has 1 aliphatic rings. The van der Waals surface area contributed by atoms with Gasteiger partial charge in [-0.2, -0.15) is 0 Å². The number of hydrogen-bond acceptors (Lipinski definition) is 7. The van der Waals surface area contributed by atoms with E-state index in [0.717, 1.165) is 31.1 Å². The summed E-state index contributed by atoms with van der Waals surface area (Å²) in [5.41, 5.74) is 1.98. The van der Waals surface area contributed by atoms with E-state index in [0.29, 0.717) is 11.4 Å². The van der Waals surface area contributed by atoms with Crippen LogP contribution in [0.1, 0.15) is 45.7 Å². The number of likely N-dealkylation sites (N-methyl/N-ethyl adjacent to an activating group) is 1. The van der Waals surface area contributed by atoms with Crippen molar-refractivity contribution in [3.05, 3.63) is 96.1 Å². The first kappa shape index (κ1) is 36.8. The van der Waals surface area contributed by atoms with Gasteiger partial charge in [0.2, 0.25) is 11.8 Å². The molecule has 13 heteroatoms. The SMILES string of the molecule is CC(=O)Nc1ccc(S(=O)(=O)N2C[C@H](NC(=O)[C@H](C)N(C)C(=O)OC(C)(C)C)C(=O)N(Cc3c(C)ccc4ccccc34)c3ccccc32)cc1. The van der Waals surface area contributed by atoms with E-state index in [9.17, 15) is 27.6 Å². The minimum absolute atomic E-state index is 0.0831. The van der Waals surface area contributed by atoms with Crippen molar-refractivity contribution < 1.29 is 32.3 Å². The average molecular weight is 714 g/mol. The molecule has 0 radical (unpaired) electrons. The summed E-state index contributed by atoms with van der Waals surface area (Å²) in [7, 11) is -2.92. The second-order valence-electron chi connectivity index (χ2n) is 13.6. The number of nitrogens with one attached hydrogen (secondary N) is 2. The number of benzene rings is 4. The number of carbonyl (C=O) groups excluding carboxylic acids is 4. The van der Waals surface area contributed by atoms with Gasteiger partial charge in [-0.05, 0) is 92.9 Å². The van der Waals surface area contributed by atoms with Crippen LogP contribution < -0.4 is 19.8 Å².